The van der Waals surface area contributed by atoms with E-state index in [0.29, 0.717) is 17.1 Å². The van der Waals surface area contributed by atoms with E-state index in [-0.39, 0.29) is 17.7 Å². The van der Waals surface area contributed by atoms with Crippen molar-refractivity contribution in [3.63, 3.8) is 0 Å². The molecule has 0 aliphatic carbocycles. The summed E-state index contributed by atoms with van der Waals surface area (Å²) in [6.07, 6.45) is 2.94. The first-order chi connectivity index (χ1) is 13.4. The number of fused-ring (bicyclic) bond motifs is 1. The van der Waals surface area contributed by atoms with Crippen LogP contribution in [0.15, 0.2) is 35.4 Å². The molecule has 1 aromatic heterocycles. The molecule has 1 aromatic carbocycles. The van der Waals surface area contributed by atoms with E-state index in [9.17, 15) is 9.59 Å². The van der Waals surface area contributed by atoms with Gasteiger partial charge >= 0.3 is 0 Å². The summed E-state index contributed by atoms with van der Waals surface area (Å²) in [5.41, 5.74) is 10.1. The van der Waals surface area contributed by atoms with Crippen molar-refractivity contribution in [2.24, 2.45) is 5.92 Å². The molecule has 0 saturated carbocycles. The number of hydrogen-bond donors (Lipinski definition) is 4. The Morgan fingerprint density at radius 1 is 1.32 bits per heavy atom. The van der Waals surface area contributed by atoms with Crippen LogP contribution in [0.4, 0.5) is 10.8 Å². The number of hydrogen-bond acceptors (Lipinski definition) is 6. The largest absolute Gasteiger partial charge is 0.327 e. The fourth-order valence-electron chi connectivity index (χ4n) is 3.40. The van der Waals surface area contributed by atoms with E-state index < -0.39 is 5.54 Å². The number of aromatic nitrogens is 1. The van der Waals surface area contributed by atoms with E-state index >= 15 is 0 Å². The van der Waals surface area contributed by atoms with Crippen molar-refractivity contribution in [2.45, 2.75) is 39.2 Å². The molecule has 28 heavy (non-hydrogen) atoms. The molecule has 7 nitrogen and oxygen atoms in total. The Labute approximate surface area is 167 Å². The number of aryl methyl sites for hydroxylation is 1. The average Bonchev–Trinajstić information content (AvgIpc) is 3.28. The van der Waals surface area contributed by atoms with Gasteiger partial charge in [0.25, 0.3) is 5.91 Å². The SMILES string of the molecule is CC(C)C1(C)NNC=C1C(=O)Nc1nc(-c2ccc3c(c2)CCC(=O)N3)cs1. The third-order valence-corrected chi connectivity index (χ3v) is 6.29. The Hall–Kier alpha value is -2.71. The zero-order valence-corrected chi connectivity index (χ0v) is 16.9. The van der Waals surface area contributed by atoms with Crippen LogP contribution in [-0.4, -0.2) is 22.3 Å². The lowest BCUT2D eigenvalue weighted by Crippen LogP contribution is -2.50. The second-order valence-corrected chi connectivity index (χ2v) is 8.45. The Bertz CT molecular complexity index is 981. The highest BCUT2D eigenvalue weighted by atomic mass is 32.1. The zero-order valence-electron chi connectivity index (χ0n) is 16.1. The number of nitrogens with zero attached hydrogens (tertiary/aromatic N) is 1. The zero-order chi connectivity index (χ0) is 19.9. The molecule has 0 bridgehead atoms. The molecule has 2 aromatic rings. The number of anilines is 2. The highest BCUT2D eigenvalue weighted by Gasteiger charge is 2.39. The molecule has 2 aliphatic rings. The molecule has 3 heterocycles. The van der Waals surface area contributed by atoms with Gasteiger partial charge in [-0.3, -0.25) is 14.9 Å². The third kappa shape index (κ3) is 3.29. The molecule has 4 rings (SSSR count). The minimum absolute atomic E-state index is 0.0532. The van der Waals surface area contributed by atoms with Crippen LogP contribution in [0.3, 0.4) is 0 Å². The summed E-state index contributed by atoms with van der Waals surface area (Å²) in [6, 6.07) is 5.90. The normalized spacial score (nSPS) is 21.0. The summed E-state index contributed by atoms with van der Waals surface area (Å²) in [5.74, 6) is 0.127. The molecular formula is C20H23N5O2S. The van der Waals surface area contributed by atoms with E-state index in [1.165, 1.54) is 11.3 Å². The fraction of sp³-hybridized carbons (Fsp3) is 0.350. The lowest BCUT2D eigenvalue weighted by molar-refractivity contribution is -0.116. The Kier molecular flexibility index (Phi) is 4.68. The van der Waals surface area contributed by atoms with Gasteiger partial charge in [0.1, 0.15) is 0 Å². The smallest absolute Gasteiger partial charge is 0.256 e. The maximum atomic E-state index is 12.8. The van der Waals surface area contributed by atoms with Gasteiger partial charge in [0, 0.05) is 29.3 Å². The minimum Gasteiger partial charge on any atom is -0.327 e. The Morgan fingerprint density at radius 3 is 2.93 bits per heavy atom. The summed E-state index contributed by atoms with van der Waals surface area (Å²) >= 11 is 1.40. The predicted molar refractivity (Wildman–Crippen MR) is 111 cm³/mol. The maximum absolute atomic E-state index is 12.8. The molecule has 1 atom stereocenters. The molecule has 8 heteroatoms. The van der Waals surface area contributed by atoms with Gasteiger partial charge in [-0.1, -0.05) is 19.9 Å². The number of amides is 2. The number of benzene rings is 1. The van der Waals surface area contributed by atoms with Gasteiger partial charge in [0.15, 0.2) is 5.13 Å². The van der Waals surface area contributed by atoms with Gasteiger partial charge in [-0.05, 0) is 37.0 Å². The lowest BCUT2D eigenvalue weighted by Gasteiger charge is -2.30. The summed E-state index contributed by atoms with van der Waals surface area (Å²) < 4.78 is 0. The van der Waals surface area contributed by atoms with E-state index in [4.69, 9.17) is 0 Å². The van der Waals surface area contributed by atoms with Gasteiger partial charge in [0.05, 0.1) is 16.8 Å². The van der Waals surface area contributed by atoms with Crippen LogP contribution in [0.1, 0.15) is 32.8 Å². The Morgan fingerprint density at radius 2 is 2.14 bits per heavy atom. The molecule has 4 N–H and O–H groups in total. The van der Waals surface area contributed by atoms with Crippen molar-refractivity contribution >= 4 is 34.0 Å². The molecule has 1 unspecified atom stereocenters. The second-order valence-electron chi connectivity index (χ2n) is 7.60. The van der Waals surface area contributed by atoms with Crippen LogP contribution in [0.5, 0.6) is 0 Å². The molecule has 146 valence electrons. The van der Waals surface area contributed by atoms with Crippen molar-refractivity contribution in [1.29, 1.82) is 0 Å². The van der Waals surface area contributed by atoms with Crippen LogP contribution in [0.2, 0.25) is 0 Å². The summed E-state index contributed by atoms with van der Waals surface area (Å²) in [4.78, 5) is 28.9. The van der Waals surface area contributed by atoms with Crippen LogP contribution in [0, 0.1) is 5.92 Å². The lowest BCUT2D eigenvalue weighted by atomic mass is 9.82. The monoisotopic (exact) mass is 397 g/mol. The molecule has 2 aliphatic heterocycles. The summed E-state index contributed by atoms with van der Waals surface area (Å²) in [6.45, 7) is 6.14. The predicted octanol–water partition coefficient (Wildman–Crippen LogP) is 3.04. The Balaban J connectivity index is 1.51. The quantitative estimate of drug-likeness (QED) is 0.636. The van der Waals surface area contributed by atoms with E-state index in [1.807, 2.05) is 24.4 Å². The van der Waals surface area contributed by atoms with Gasteiger partial charge in [-0.25, -0.2) is 10.4 Å². The fourth-order valence-corrected chi connectivity index (χ4v) is 4.12. The molecule has 0 spiro atoms. The first kappa shape index (κ1) is 18.6. The van der Waals surface area contributed by atoms with Crippen LogP contribution >= 0.6 is 11.3 Å². The average molecular weight is 398 g/mol. The number of thiazole rings is 1. The van der Waals surface area contributed by atoms with Crippen LogP contribution in [0.25, 0.3) is 11.3 Å². The molecule has 0 saturated heterocycles. The van der Waals surface area contributed by atoms with Crippen molar-refractivity contribution in [3.05, 3.63) is 40.9 Å². The number of carbonyl (C=O) groups excluding carboxylic acids is 2. The molecule has 2 amide bonds. The maximum Gasteiger partial charge on any atom is 0.256 e. The summed E-state index contributed by atoms with van der Waals surface area (Å²) in [5, 5.41) is 8.29. The number of hydrazine groups is 1. The van der Waals surface area contributed by atoms with Gasteiger partial charge < -0.3 is 10.7 Å². The van der Waals surface area contributed by atoms with Crippen molar-refractivity contribution in [1.82, 2.24) is 15.8 Å². The van der Waals surface area contributed by atoms with Crippen LogP contribution < -0.4 is 21.5 Å². The van der Waals surface area contributed by atoms with Crippen molar-refractivity contribution in [3.8, 4) is 11.3 Å². The van der Waals surface area contributed by atoms with Crippen molar-refractivity contribution < 1.29 is 9.59 Å². The van der Waals surface area contributed by atoms with Gasteiger partial charge in [-0.15, -0.1) is 11.3 Å². The number of carbonyl (C=O) groups is 2. The van der Waals surface area contributed by atoms with E-state index in [0.717, 1.165) is 28.9 Å². The first-order valence-electron chi connectivity index (χ1n) is 9.30. The standard InChI is InChI=1S/C20H23N5O2S/c1-11(2)20(3)14(9-21-25-20)18(27)24-19-23-16(10-28-19)13-4-6-15-12(8-13)5-7-17(26)22-15/h4,6,8-11,21,25H,5,7H2,1-3H3,(H,22,26)(H,23,24,27). The molecule has 0 fully saturated rings. The van der Waals surface area contributed by atoms with E-state index in [1.54, 1.807) is 6.20 Å². The molecule has 0 radical (unpaired) electrons. The summed E-state index contributed by atoms with van der Waals surface area (Å²) in [7, 11) is 0. The van der Waals surface area contributed by atoms with Crippen LogP contribution in [-0.2, 0) is 16.0 Å². The molecular weight excluding hydrogens is 374 g/mol. The highest BCUT2D eigenvalue weighted by Crippen LogP contribution is 2.32. The van der Waals surface area contributed by atoms with Gasteiger partial charge in [0.2, 0.25) is 5.91 Å². The van der Waals surface area contributed by atoms with E-state index in [2.05, 4.69) is 46.4 Å². The minimum atomic E-state index is -0.437. The number of rotatable bonds is 4. The topological polar surface area (TPSA) is 95.2 Å². The highest BCUT2D eigenvalue weighted by molar-refractivity contribution is 7.14. The number of nitrogens with one attached hydrogen (secondary N) is 4. The first-order valence-corrected chi connectivity index (χ1v) is 10.2. The van der Waals surface area contributed by atoms with Crippen molar-refractivity contribution in [2.75, 3.05) is 10.6 Å². The second kappa shape index (κ2) is 7.03. The third-order valence-electron chi connectivity index (χ3n) is 5.53. The van der Waals surface area contributed by atoms with Gasteiger partial charge in [-0.2, -0.15) is 0 Å².